The Morgan fingerprint density at radius 2 is 1.88 bits per heavy atom. The SMILES string of the molecule is COC(CN)CC(=O)Nc1ccc(CCN2CCCC2)cc1.Cl.Cl. The number of hydrogen-bond acceptors (Lipinski definition) is 4. The third-order valence-corrected chi connectivity index (χ3v) is 4.16. The summed E-state index contributed by atoms with van der Waals surface area (Å²) in [7, 11) is 1.57. The first-order chi connectivity index (χ1) is 10.7. The summed E-state index contributed by atoms with van der Waals surface area (Å²) in [6, 6.07) is 8.09. The number of halogens is 2. The molecule has 1 atom stereocenters. The second-order valence-electron chi connectivity index (χ2n) is 5.84. The van der Waals surface area contributed by atoms with Crippen LogP contribution < -0.4 is 11.1 Å². The Morgan fingerprint density at radius 3 is 2.42 bits per heavy atom. The third-order valence-electron chi connectivity index (χ3n) is 4.16. The number of nitrogens with zero attached hydrogens (tertiary/aromatic N) is 1. The van der Waals surface area contributed by atoms with E-state index in [9.17, 15) is 4.79 Å². The maximum Gasteiger partial charge on any atom is 0.227 e. The molecule has 1 amide bonds. The second-order valence-corrected chi connectivity index (χ2v) is 5.84. The lowest BCUT2D eigenvalue weighted by Crippen LogP contribution is -2.28. The molecule has 3 N–H and O–H groups in total. The Bertz CT molecular complexity index is 461. The van der Waals surface area contributed by atoms with Crippen LogP contribution in [0.1, 0.15) is 24.8 Å². The van der Waals surface area contributed by atoms with Crippen molar-refractivity contribution in [2.45, 2.75) is 31.8 Å². The highest BCUT2D eigenvalue weighted by atomic mass is 35.5. The van der Waals surface area contributed by atoms with Gasteiger partial charge in [-0.15, -0.1) is 24.8 Å². The molecular formula is C17H29Cl2N3O2. The zero-order chi connectivity index (χ0) is 15.8. The highest BCUT2D eigenvalue weighted by Crippen LogP contribution is 2.13. The van der Waals surface area contributed by atoms with Crippen LogP contribution in [-0.4, -0.2) is 50.2 Å². The topological polar surface area (TPSA) is 67.6 Å². The Kier molecular flexibility index (Phi) is 12.1. The fraction of sp³-hybridized carbons (Fsp3) is 0.588. The van der Waals surface area contributed by atoms with Gasteiger partial charge in [-0.25, -0.2) is 0 Å². The molecule has 5 nitrogen and oxygen atoms in total. The largest absolute Gasteiger partial charge is 0.380 e. The number of rotatable bonds is 8. The van der Waals surface area contributed by atoms with Crippen molar-refractivity contribution in [2.75, 3.05) is 38.6 Å². The van der Waals surface area contributed by atoms with E-state index in [0.29, 0.717) is 6.54 Å². The van der Waals surface area contributed by atoms with Crippen LogP contribution in [0.5, 0.6) is 0 Å². The Hall–Kier alpha value is -0.850. The van der Waals surface area contributed by atoms with Crippen LogP contribution in [0.4, 0.5) is 5.69 Å². The number of amides is 1. The summed E-state index contributed by atoms with van der Waals surface area (Å²) >= 11 is 0. The number of nitrogens with two attached hydrogens (primary N) is 1. The molecular weight excluding hydrogens is 349 g/mol. The van der Waals surface area contributed by atoms with Crippen molar-refractivity contribution in [1.29, 1.82) is 0 Å². The molecule has 1 aliphatic rings. The molecule has 1 unspecified atom stereocenters. The predicted molar refractivity (Wildman–Crippen MR) is 103 cm³/mol. The molecule has 0 bridgehead atoms. The first-order valence-electron chi connectivity index (χ1n) is 8.05. The van der Waals surface area contributed by atoms with Gasteiger partial charge in [-0.2, -0.15) is 0 Å². The predicted octanol–water partition coefficient (Wildman–Crippen LogP) is 2.47. The van der Waals surface area contributed by atoms with Crippen LogP contribution >= 0.6 is 24.8 Å². The van der Waals surface area contributed by atoms with Gasteiger partial charge in [0.05, 0.1) is 12.5 Å². The van der Waals surface area contributed by atoms with Crippen LogP contribution in [0.2, 0.25) is 0 Å². The maximum atomic E-state index is 11.9. The van der Waals surface area contributed by atoms with Crippen LogP contribution in [0.15, 0.2) is 24.3 Å². The van der Waals surface area contributed by atoms with E-state index in [2.05, 4.69) is 22.3 Å². The Morgan fingerprint density at radius 1 is 1.25 bits per heavy atom. The molecule has 2 rings (SSSR count). The molecule has 0 aliphatic carbocycles. The lowest BCUT2D eigenvalue weighted by molar-refractivity contribution is -0.118. The van der Waals surface area contributed by atoms with Crippen LogP contribution in [-0.2, 0) is 16.0 Å². The van der Waals surface area contributed by atoms with Crippen LogP contribution in [0.3, 0.4) is 0 Å². The van der Waals surface area contributed by atoms with Gasteiger partial charge < -0.3 is 20.7 Å². The molecule has 1 aromatic rings. The molecule has 138 valence electrons. The third kappa shape index (κ3) is 7.81. The number of likely N-dealkylation sites (tertiary alicyclic amines) is 1. The number of hydrogen-bond donors (Lipinski definition) is 2. The first-order valence-corrected chi connectivity index (χ1v) is 8.05. The molecule has 0 saturated carbocycles. The smallest absolute Gasteiger partial charge is 0.227 e. The second kappa shape index (κ2) is 12.5. The number of nitrogens with one attached hydrogen (secondary N) is 1. The fourth-order valence-corrected chi connectivity index (χ4v) is 2.73. The molecule has 0 radical (unpaired) electrons. The average Bonchev–Trinajstić information content (AvgIpc) is 3.05. The molecule has 1 aliphatic heterocycles. The van der Waals surface area contributed by atoms with E-state index < -0.39 is 0 Å². The van der Waals surface area contributed by atoms with Gasteiger partial charge in [0.2, 0.25) is 5.91 Å². The zero-order valence-corrected chi connectivity index (χ0v) is 15.8. The van der Waals surface area contributed by atoms with Gasteiger partial charge in [0.25, 0.3) is 0 Å². The van der Waals surface area contributed by atoms with E-state index in [1.165, 1.54) is 31.5 Å². The molecule has 0 spiro atoms. The highest BCUT2D eigenvalue weighted by Gasteiger charge is 2.12. The van der Waals surface area contributed by atoms with Crippen molar-refractivity contribution in [1.82, 2.24) is 4.90 Å². The standard InChI is InChI=1S/C17H27N3O2.2ClH/c1-22-16(13-18)12-17(21)19-15-6-4-14(5-7-15)8-11-20-9-2-3-10-20;;/h4-7,16H,2-3,8-13,18H2,1H3,(H,19,21);2*1H. The van der Waals surface area contributed by atoms with Gasteiger partial charge in [0, 0.05) is 25.9 Å². The minimum Gasteiger partial charge on any atom is -0.380 e. The summed E-state index contributed by atoms with van der Waals surface area (Å²) in [6.45, 7) is 3.93. The lowest BCUT2D eigenvalue weighted by Gasteiger charge is -2.15. The van der Waals surface area contributed by atoms with Gasteiger partial charge in [-0.05, 0) is 50.0 Å². The number of ether oxygens (including phenoxy) is 1. The van der Waals surface area contributed by atoms with Gasteiger partial charge in [-0.3, -0.25) is 4.79 Å². The monoisotopic (exact) mass is 377 g/mol. The average molecular weight is 378 g/mol. The quantitative estimate of drug-likeness (QED) is 0.729. The van der Waals surface area contributed by atoms with Crippen LogP contribution in [0, 0.1) is 0 Å². The highest BCUT2D eigenvalue weighted by molar-refractivity contribution is 5.91. The number of benzene rings is 1. The first kappa shape index (κ1) is 23.1. The Balaban J connectivity index is 0.00000264. The fourth-order valence-electron chi connectivity index (χ4n) is 2.73. The molecule has 7 heteroatoms. The van der Waals surface area contributed by atoms with E-state index in [0.717, 1.165) is 18.7 Å². The number of carbonyl (C=O) groups is 1. The van der Waals surface area contributed by atoms with E-state index in [1.807, 2.05) is 12.1 Å². The summed E-state index contributed by atoms with van der Waals surface area (Å²) in [4.78, 5) is 14.4. The van der Waals surface area contributed by atoms with Crippen molar-refractivity contribution >= 4 is 36.4 Å². The van der Waals surface area contributed by atoms with Gasteiger partial charge in [0.1, 0.15) is 0 Å². The summed E-state index contributed by atoms with van der Waals surface area (Å²) < 4.78 is 5.12. The molecule has 1 aromatic carbocycles. The summed E-state index contributed by atoms with van der Waals surface area (Å²) in [5.74, 6) is -0.0675. The summed E-state index contributed by atoms with van der Waals surface area (Å²) in [6.07, 6.45) is 3.78. The van der Waals surface area contributed by atoms with E-state index in [1.54, 1.807) is 7.11 Å². The molecule has 1 heterocycles. The number of methoxy groups -OCH3 is 1. The van der Waals surface area contributed by atoms with Crippen molar-refractivity contribution < 1.29 is 9.53 Å². The zero-order valence-electron chi connectivity index (χ0n) is 14.2. The van der Waals surface area contributed by atoms with Crippen molar-refractivity contribution in [2.24, 2.45) is 5.73 Å². The maximum absolute atomic E-state index is 11.9. The van der Waals surface area contributed by atoms with Gasteiger partial charge in [0.15, 0.2) is 0 Å². The molecule has 1 saturated heterocycles. The molecule has 24 heavy (non-hydrogen) atoms. The lowest BCUT2D eigenvalue weighted by atomic mass is 10.1. The minimum absolute atomic E-state index is 0. The summed E-state index contributed by atoms with van der Waals surface area (Å²) in [5, 5.41) is 2.88. The van der Waals surface area contributed by atoms with Crippen molar-refractivity contribution in [3.05, 3.63) is 29.8 Å². The van der Waals surface area contributed by atoms with E-state index in [-0.39, 0.29) is 43.2 Å². The molecule has 1 fully saturated rings. The van der Waals surface area contributed by atoms with Gasteiger partial charge in [-0.1, -0.05) is 12.1 Å². The number of anilines is 1. The van der Waals surface area contributed by atoms with E-state index >= 15 is 0 Å². The van der Waals surface area contributed by atoms with E-state index in [4.69, 9.17) is 10.5 Å². The Labute approximate surface area is 157 Å². The van der Waals surface area contributed by atoms with Crippen molar-refractivity contribution in [3.63, 3.8) is 0 Å². The van der Waals surface area contributed by atoms with Crippen LogP contribution in [0.25, 0.3) is 0 Å². The number of carbonyl (C=O) groups excluding carboxylic acids is 1. The summed E-state index contributed by atoms with van der Waals surface area (Å²) in [5.41, 5.74) is 7.65. The molecule has 0 aromatic heterocycles. The van der Waals surface area contributed by atoms with Gasteiger partial charge >= 0.3 is 0 Å². The normalized spacial score (nSPS) is 15.2. The van der Waals surface area contributed by atoms with Crippen molar-refractivity contribution in [3.8, 4) is 0 Å². The minimum atomic E-state index is -0.222.